The molecule has 15 heavy (non-hydrogen) atoms. The van der Waals surface area contributed by atoms with Gasteiger partial charge in [0.05, 0.1) is 6.61 Å². The lowest BCUT2D eigenvalue weighted by atomic mass is 9.98. The lowest BCUT2D eigenvalue weighted by Gasteiger charge is -2.42. The molecule has 92 valence electrons. The zero-order chi connectivity index (χ0) is 10.9. The summed E-state index contributed by atoms with van der Waals surface area (Å²) in [5, 5.41) is 37.2. The van der Waals surface area contributed by atoms with E-state index in [1.165, 1.54) is 0 Å². The summed E-state index contributed by atoms with van der Waals surface area (Å²) < 4.78 is 5.21. The van der Waals surface area contributed by atoms with Gasteiger partial charge in [0, 0.05) is 0 Å². The van der Waals surface area contributed by atoms with Crippen LogP contribution in [-0.4, -0.2) is 76.7 Å². The van der Waals surface area contributed by atoms with E-state index in [2.05, 4.69) is 0 Å². The maximum Gasteiger partial charge on any atom is 0.139 e. The second-order valence-corrected chi connectivity index (χ2v) is 3.68. The maximum absolute atomic E-state index is 9.53. The van der Waals surface area contributed by atoms with Crippen molar-refractivity contribution in [3.8, 4) is 0 Å². The molecule has 0 saturated carbocycles. The van der Waals surface area contributed by atoms with Crippen LogP contribution in [0, 0.1) is 0 Å². The van der Waals surface area contributed by atoms with E-state index in [0.717, 1.165) is 0 Å². The van der Waals surface area contributed by atoms with Gasteiger partial charge in [0.2, 0.25) is 0 Å². The number of hydrogen-bond donors (Lipinski definition) is 4. The van der Waals surface area contributed by atoms with Crippen molar-refractivity contribution < 1.29 is 25.2 Å². The molecule has 0 aromatic rings. The summed E-state index contributed by atoms with van der Waals surface area (Å²) in [6, 6.07) is 0. The number of hydrogen-bond acceptors (Lipinski definition) is 6. The Morgan fingerprint density at radius 1 is 1.07 bits per heavy atom. The summed E-state index contributed by atoms with van der Waals surface area (Å²) in [6.07, 6.45) is -5.31. The van der Waals surface area contributed by atoms with Gasteiger partial charge >= 0.3 is 0 Å². The molecule has 1 saturated heterocycles. The van der Waals surface area contributed by atoms with Gasteiger partial charge in [-0.2, -0.15) is 0 Å². The Kier molecular flexibility index (Phi) is 5.97. The average Bonchev–Trinajstić information content (AvgIpc) is 2.14. The maximum atomic E-state index is 9.53. The molecule has 1 rings (SSSR count). The van der Waals surface area contributed by atoms with E-state index in [4.69, 9.17) is 9.84 Å². The Morgan fingerprint density at radius 2 is 1.60 bits per heavy atom. The molecule has 5 unspecified atom stereocenters. The fourth-order valence-corrected chi connectivity index (χ4v) is 1.51. The Morgan fingerprint density at radius 3 is 2.00 bits per heavy atom. The molecule has 6 nitrogen and oxygen atoms in total. The molecule has 0 bridgehead atoms. The molecule has 0 radical (unpaired) electrons. The predicted molar refractivity (Wildman–Crippen MR) is 54.7 cm³/mol. The van der Waals surface area contributed by atoms with Gasteiger partial charge in [-0.3, -0.25) is 4.90 Å². The SMILES string of the molecule is CN(C)C1OC(CO)C(O)C(O)C1O.Cl. The van der Waals surface area contributed by atoms with Crippen molar-refractivity contribution >= 4 is 12.4 Å². The molecule has 0 aliphatic carbocycles. The van der Waals surface area contributed by atoms with E-state index in [9.17, 15) is 15.3 Å². The molecule has 0 amide bonds. The molecule has 1 heterocycles. The Labute approximate surface area is 94.5 Å². The van der Waals surface area contributed by atoms with Crippen LogP contribution in [0.15, 0.2) is 0 Å². The van der Waals surface area contributed by atoms with Crippen LogP contribution in [0.4, 0.5) is 0 Å². The van der Waals surface area contributed by atoms with E-state index < -0.39 is 37.3 Å². The normalized spacial score (nSPS) is 41.4. The van der Waals surface area contributed by atoms with Crippen molar-refractivity contribution in [2.24, 2.45) is 0 Å². The number of likely N-dealkylation sites (N-methyl/N-ethyl adjacent to an activating group) is 1. The van der Waals surface area contributed by atoms with Crippen LogP contribution in [-0.2, 0) is 4.74 Å². The quantitative estimate of drug-likeness (QED) is 0.439. The number of rotatable bonds is 2. The third-order valence-corrected chi connectivity index (χ3v) is 2.38. The molecular weight excluding hydrogens is 226 g/mol. The molecule has 1 aliphatic rings. The van der Waals surface area contributed by atoms with Crippen molar-refractivity contribution in [1.29, 1.82) is 0 Å². The Balaban J connectivity index is 0.00000196. The molecule has 0 aromatic heterocycles. The summed E-state index contributed by atoms with van der Waals surface area (Å²) in [5.41, 5.74) is 0. The van der Waals surface area contributed by atoms with Gasteiger partial charge in [-0.05, 0) is 14.1 Å². The van der Waals surface area contributed by atoms with Crippen molar-refractivity contribution in [2.75, 3.05) is 20.7 Å². The van der Waals surface area contributed by atoms with Gasteiger partial charge in [0.15, 0.2) is 0 Å². The molecule has 1 aliphatic heterocycles. The summed E-state index contributed by atoms with van der Waals surface area (Å²) in [4.78, 5) is 1.57. The molecule has 0 spiro atoms. The number of ether oxygens (including phenoxy) is 1. The smallest absolute Gasteiger partial charge is 0.139 e. The van der Waals surface area contributed by atoms with E-state index in [1.54, 1.807) is 19.0 Å². The van der Waals surface area contributed by atoms with Crippen molar-refractivity contribution in [1.82, 2.24) is 4.90 Å². The fraction of sp³-hybridized carbons (Fsp3) is 1.00. The highest BCUT2D eigenvalue weighted by atomic mass is 35.5. The Bertz CT molecular complexity index is 192. The van der Waals surface area contributed by atoms with Crippen molar-refractivity contribution in [2.45, 2.75) is 30.6 Å². The van der Waals surface area contributed by atoms with Gasteiger partial charge in [-0.25, -0.2) is 0 Å². The summed E-state index contributed by atoms with van der Waals surface area (Å²) >= 11 is 0. The third-order valence-electron chi connectivity index (χ3n) is 2.38. The second-order valence-electron chi connectivity index (χ2n) is 3.68. The minimum absolute atomic E-state index is 0. The average molecular weight is 244 g/mol. The van der Waals surface area contributed by atoms with Gasteiger partial charge in [0.1, 0.15) is 30.6 Å². The Hall–Kier alpha value is 0.0500. The van der Waals surface area contributed by atoms with E-state index in [0.29, 0.717) is 0 Å². The minimum Gasteiger partial charge on any atom is -0.394 e. The molecule has 4 N–H and O–H groups in total. The summed E-state index contributed by atoms with van der Waals surface area (Å²) in [5.74, 6) is 0. The zero-order valence-corrected chi connectivity index (χ0v) is 9.46. The van der Waals surface area contributed by atoms with E-state index in [1.807, 2.05) is 0 Å². The lowest BCUT2D eigenvalue weighted by Crippen LogP contribution is -2.62. The molecule has 7 heteroatoms. The number of halogens is 1. The number of aliphatic hydroxyl groups is 4. The standard InChI is InChI=1S/C8H17NO5.ClH/c1-9(2)8-7(13)6(12)5(11)4(3-10)14-8;/h4-8,10-13H,3H2,1-2H3;1H. The monoisotopic (exact) mass is 243 g/mol. The largest absolute Gasteiger partial charge is 0.394 e. The van der Waals surface area contributed by atoms with E-state index in [-0.39, 0.29) is 12.4 Å². The zero-order valence-electron chi connectivity index (χ0n) is 8.65. The van der Waals surface area contributed by atoms with Gasteiger partial charge in [-0.15, -0.1) is 12.4 Å². The molecule has 5 atom stereocenters. The predicted octanol–water partition coefficient (Wildman–Crippen LogP) is -2.23. The minimum atomic E-state index is -1.30. The van der Waals surface area contributed by atoms with Crippen LogP contribution in [0.3, 0.4) is 0 Å². The van der Waals surface area contributed by atoms with Crippen molar-refractivity contribution in [3.63, 3.8) is 0 Å². The van der Waals surface area contributed by atoms with Gasteiger partial charge < -0.3 is 25.2 Å². The second kappa shape index (κ2) is 5.95. The summed E-state index contributed by atoms with van der Waals surface area (Å²) in [7, 11) is 3.35. The van der Waals surface area contributed by atoms with Crippen LogP contribution in [0.5, 0.6) is 0 Å². The lowest BCUT2D eigenvalue weighted by molar-refractivity contribution is -0.258. The topological polar surface area (TPSA) is 93.4 Å². The highest BCUT2D eigenvalue weighted by Gasteiger charge is 2.44. The first kappa shape index (κ1) is 15.0. The fourth-order valence-electron chi connectivity index (χ4n) is 1.51. The van der Waals surface area contributed by atoms with Crippen LogP contribution < -0.4 is 0 Å². The highest BCUT2D eigenvalue weighted by Crippen LogP contribution is 2.21. The van der Waals surface area contributed by atoms with Crippen LogP contribution in [0.2, 0.25) is 0 Å². The number of aliphatic hydroxyl groups excluding tert-OH is 4. The number of nitrogens with zero attached hydrogens (tertiary/aromatic N) is 1. The molecule has 1 fully saturated rings. The first-order valence-electron chi connectivity index (χ1n) is 4.46. The summed E-state index contributed by atoms with van der Waals surface area (Å²) in [6.45, 7) is -0.394. The van der Waals surface area contributed by atoms with E-state index >= 15 is 0 Å². The third kappa shape index (κ3) is 3.01. The van der Waals surface area contributed by atoms with Gasteiger partial charge in [0.25, 0.3) is 0 Å². The van der Waals surface area contributed by atoms with Crippen LogP contribution in [0.25, 0.3) is 0 Å². The van der Waals surface area contributed by atoms with Crippen LogP contribution in [0.1, 0.15) is 0 Å². The first-order valence-corrected chi connectivity index (χ1v) is 4.46. The highest BCUT2D eigenvalue weighted by molar-refractivity contribution is 5.85. The van der Waals surface area contributed by atoms with Crippen LogP contribution >= 0.6 is 12.4 Å². The van der Waals surface area contributed by atoms with Crippen molar-refractivity contribution in [3.05, 3.63) is 0 Å². The van der Waals surface area contributed by atoms with Gasteiger partial charge in [-0.1, -0.05) is 0 Å². The molecular formula is C8H18ClNO5. The first-order chi connectivity index (χ1) is 6.49. The molecule has 0 aromatic carbocycles.